The quantitative estimate of drug-likeness (QED) is 0.334. The predicted molar refractivity (Wildman–Crippen MR) is 110 cm³/mol. The number of halogens is 1. The molecule has 1 aromatic heterocycles. The van der Waals surface area contributed by atoms with Gasteiger partial charge in [-0.25, -0.2) is 9.37 Å². The molecule has 0 bridgehead atoms. The van der Waals surface area contributed by atoms with Crippen LogP contribution in [0.3, 0.4) is 0 Å². The fourth-order valence-corrected chi connectivity index (χ4v) is 3.52. The Labute approximate surface area is 173 Å². The van der Waals surface area contributed by atoms with Crippen LogP contribution in [0.25, 0.3) is 11.3 Å². The number of nitro groups is 1. The molecule has 2 aromatic carbocycles. The lowest BCUT2D eigenvalue weighted by Gasteiger charge is -2.08. The molecule has 1 aliphatic heterocycles. The summed E-state index contributed by atoms with van der Waals surface area (Å²) in [6, 6.07) is 10.6. The Morgan fingerprint density at radius 3 is 2.73 bits per heavy atom. The van der Waals surface area contributed by atoms with Crippen molar-refractivity contribution in [3.63, 3.8) is 0 Å². The minimum atomic E-state index is -0.903. The highest BCUT2D eigenvalue weighted by Gasteiger charge is 2.36. The van der Waals surface area contributed by atoms with Crippen molar-refractivity contribution in [2.75, 3.05) is 5.01 Å². The van der Waals surface area contributed by atoms with E-state index in [1.54, 1.807) is 24.4 Å². The van der Waals surface area contributed by atoms with Gasteiger partial charge in [-0.15, -0.1) is 11.3 Å². The minimum absolute atomic E-state index is 0.0468. The smallest absolute Gasteiger partial charge is 0.269 e. The number of thiazole rings is 1. The van der Waals surface area contributed by atoms with Gasteiger partial charge in [0.15, 0.2) is 6.04 Å². The van der Waals surface area contributed by atoms with Crippen LogP contribution in [0.5, 0.6) is 0 Å². The molecule has 3 aromatic rings. The molecule has 9 nitrogen and oxygen atoms in total. The SMILES string of the molecule is CC1=NN(c2nc(-c3cccc([N+](=O)[O-])c3)cs2)C(=O)[C@H]1N=Nc1ccc(F)cc1. The van der Waals surface area contributed by atoms with Crippen molar-refractivity contribution in [2.45, 2.75) is 13.0 Å². The number of hydrazone groups is 1. The maximum atomic E-state index is 13.0. The van der Waals surface area contributed by atoms with Crippen LogP contribution in [0, 0.1) is 15.9 Å². The number of anilines is 1. The second-order valence-electron chi connectivity index (χ2n) is 6.31. The van der Waals surface area contributed by atoms with Gasteiger partial charge in [-0.2, -0.15) is 20.3 Å². The van der Waals surface area contributed by atoms with Crippen LogP contribution in [0.4, 0.5) is 20.9 Å². The molecular formula is C19H13FN6O3S. The van der Waals surface area contributed by atoms with Crippen molar-refractivity contribution >= 4 is 39.5 Å². The van der Waals surface area contributed by atoms with Gasteiger partial charge in [0.1, 0.15) is 5.82 Å². The summed E-state index contributed by atoms with van der Waals surface area (Å²) >= 11 is 1.18. The van der Waals surface area contributed by atoms with Crippen LogP contribution in [0.15, 0.2) is 69.2 Å². The first-order valence-corrected chi connectivity index (χ1v) is 9.56. The van der Waals surface area contributed by atoms with E-state index in [-0.39, 0.29) is 5.69 Å². The molecule has 0 saturated heterocycles. The number of hydrogen-bond donors (Lipinski definition) is 0. The van der Waals surface area contributed by atoms with Crippen molar-refractivity contribution in [1.29, 1.82) is 0 Å². The fraction of sp³-hybridized carbons (Fsp3) is 0.105. The zero-order valence-corrected chi connectivity index (χ0v) is 16.3. The maximum Gasteiger partial charge on any atom is 0.282 e. The zero-order chi connectivity index (χ0) is 21.3. The lowest BCUT2D eigenvalue weighted by Crippen LogP contribution is -2.29. The molecule has 0 fully saturated rings. The van der Waals surface area contributed by atoms with Crippen LogP contribution in [0.1, 0.15) is 6.92 Å². The summed E-state index contributed by atoms with van der Waals surface area (Å²) in [4.78, 5) is 27.6. The topological polar surface area (TPSA) is 113 Å². The third-order valence-electron chi connectivity index (χ3n) is 4.24. The van der Waals surface area contributed by atoms with E-state index in [0.29, 0.717) is 27.8 Å². The Kier molecular flexibility index (Phi) is 5.11. The number of non-ortho nitro benzene ring substituents is 1. The second-order valence-corrected chi connectivity index (χ2v) is 7.15. The highest BCUT2D eigenvalue weighted by Crippen LogP contribution is 2.32. The van der Waals surface area contributed by atoms with E-state index in [2.05, 4.69) is 20.3 Å². The van der Waals surface area contributed by atoms with Gasteiger partial charge in [0.2, 0.25) is 5.13 Å². The van der Waals surface area contributed by atoms with E-state index in [1.165, 1.54) is 47.7 Å². The molecule has 4 rings (SSSR count). The van der Waals surface area contributed by atoms with Crippen molar-refractivity contribution < 1.29 is 14.1 Å². The summed E-state index contributed by atoms with van der Waals surface area (Å²) in [5.41, 5.74) is 1.87. The van der Waals surface area contributed by atoms with Gasteiger partial charge in [-0.05, 0) is 31.2 Å². The van der Waals surface area contributed by atoms with Crippen LogP contribution in [-0.4, -0.2) is 27.6 Å². The lowest BCUT2D eigenvalue weighted by molar-refractivity contribution is -0.384. The molecule has 0 N–H and O–H groups in total. The van der Waals surface area contributed by atoms with Gasteiger partial charge in [0.05, 0.1) is 22.0 Å². The maximum absolute atomic E-state index is 13.0. The van der Waals surface area contributed by atoms with Crippen molar-refractivity contribution in [1.82, 2.24) is 4.98 Å². The molecule has 0 saturated carbocycles. The molecule has 0 unspecified atom stereocenters. The van der Waals surface area contributed by atoms with Gasteiger partial charge in [-0.3, -0.25) is 14.9 Å². The van der Waals surface area contributed by atoms with E-state index in [4.69, 9.17) is 0 Å². The Hall–Kier alpha value is -3.86. The van der Waals surface area contributed by atoms with Gasteiger partial charge in [-0.1, -0.05) is 12.1 Å². The molecule has 2 heterocycles. The van der Waals surface area contributed by atoms with Gasteiger partial charge >= 0.3 is 0 Å². The standard InChI is InChI=1S/C19H13FN6O3S/c1-11-17(23-22-14-7-5-13(20)6-8-14)18(27)25(24-11)19-21-16(10-30-19)12-3-2-4-15(9-12)26(28)29/h2-10,17H,1H3/t17-/m0/s1. The lowest BCUT2D eigenvalue weighted by atomic mass is 10.1. The van der Waals surface area contributed by atoms with Gasteiger partial charge < -0.3 is 0 Å². The normalized spacial score (nSPS) is 16.3. The van der Waals surface area contributed by atoms with E-state index >= 15 is 0 Å². The summed E-state index contributed by atoms with van der Waals surface area (Å²) in [6.45, 7) is 1.65. The second kappa shape index (κ2) is 7.87. The third-order valence-corrected chi connectivity index (χ3v) is 5.05. The van der Waals surface area contributed by atoms with Crippen molar-refractivity contribution in [3.8, 4) is 11.3 Å². The average molecular weight is 424 g/mol. The summed E-state index contributed by atoms with van der Waals surface area (Å²) < 4.78 is 13.0. The monoisotopic (exact) mass is 424 g/mol. The van der Waals surface area contributed by atoms with Crippen LogP contribution < -0.4 is 5.01 Å². The Bertz CT molecular complexity index is 1190. The molecular weight excluding hydrogens is 411 g/mol. The predicted octanol–water partition coefficient (Wildman–Crippen LogP) is 4.73. The number of hydrogen-bond acceptors (Lipinski definition) is 8. The molecule has 0 radical (unpaired) electrons. The third kappa shape index (κ3) is 3.82. The summed E-state index contributed by atoms with van der Waals surface area (Å²) in [6.07, 6.45) is 0. The number of carbonyl (C=O) groups is 1. The highest BCUT2D eigenvalue weighted by molar-refractivity contribution is 7.14. The van der Waals surface area contributed by atoms with E-state index in [9.17, 15) is 19.3 Å². The molecule has 0 spiro atoms. The molecule has 1 amide bonds. The number of nitro benzene ring substituents is 1. The first kappa shape index (κ1) is 19.5. The van der Waals surface area contributed by atoms with Gasteiger partial charge in [0.25, 0.3) is 11.6 Å². The molecule has 11 heteroatoms. The van der Waals surface area contributed by atoms with Crippen LogP contribution in [-0.2, 0) is 4.79 Å². The summed E-state index contributed by atoms with van der Waals surface area (Å²) in [5.74, 6) is -0.809. The number of nitrogens with zero attached hydrogens (tertiary/aromatic N) is 6. The van der Waals surface area contributed by atoms with Crippen molar-refractivity contribution in [3.05, 3.63) is 69.8 Å². The molecule has 150 valence electrons. The summed E-state index contributed by atoms with van der Waals surface area (Å²) in [7, 11) is 0. The number of aromatic nitrogens is 1. The van der Waals surface area contributed by atoms with Crippen molar-refractivity contribution in [2.24, 2.45) is 15.3 Å². The molecule has 30 heavy (non-hydrogen) atoms. The average Bonchev–Trinajstić information content (AvgIpc) is 3.33. The van der Waals surface area contributed by atoms with Crippen LogP contribution >= 0.6 is 11.3 Å². The first-order valence-electron chi connectivity index (χ1n) is 8.68. The number of amides is 1. The fourth-order valence-electron chi connectivity index (χ4n) is 2.73. The van der Waals surface area contributed by atoms with E-state index < -0.39 is 22.7 Å². The molecule has 1 atom stereocenters. The molecule has 0 aliphatic carbocycles. The number of azo groups is 1. The Balaban J connectivity index is 1.54. The minimum Gasteiger partial charge on any atom is -0.269 e. The number of benzene rings is 2. The Morgan fingerprint density at radius 2 is 2.00 bits per heavy atom. The van der Waals surface area contributed by atoms with Gasteiger partial charge in [0, 0.05) is 23.1 Å². The van der Waals surface area contributed by atoms with E-state index in [0.717, 1.165) is 5.01 Å². The number of carbonyl (C=O) groups excluding carboxylic acids is 1. The molecule has 1 aliphatic rings. The highest BCUT2D eigenvalue weighted by atomic mass is 32.1. The first-order chi connectivity index (χ1) is 14.4. The summed E-state index contributed by atoms with van der Waals surface area (Å²) in [5, 5.41) is 26.4. The van der Waals surface area contributed by atoms with Crippen LogP contribution in [0.2, 0.25) is 0 Å². The zero-order valence-electron chi connectivity index (χ0n) is 15.5. The Morgan fingerprint density at radius 1 is 1.23 bits per heavy atom. The largest absolute Gasteiger partial charge is 0.282 e. The van der Waals surface area contributed by atoms with E-state index in [1.807, 2.05) is 0 Å². The number of rotatable bonds is 5.